The Bertz CT molecular complexity index is 516. The topological polar surface area (TPSA) is 12.4 Å². The maximum Gasteiger partial charge on any atom is 0.0309 e. The van der Waals surface area contributed by atoms with Gasteiger partial charge in [-0.1, -0.05) is 65.8 Å². The van der Waals surface area contributed by atoms with Crippen LogP contribution in [-0.2, 0) is 5.41 Å². The minimum absolute atomic E-state index is 0.170. The lowest BCUT2D eigenvalue weighted by Gasteiger charge is -2.20. The van der Waals surface area contributed by atoms with Gasteiger partial charge in [-0.2, -0.15) is 0 Å². The summed E-state index contributed by atoms with van der Waals surface area (Å²) >= 11 is 0. The first-order chi connectivity index (χ1) is 8.68. The molecular formula is C18H25N. The second-order valence-corrected chi connectivity index (χ2v) is 7.48. The van der Waals surface area contributed by atoms with Gasteiger partial charge in [-0.15, -0.1) is 0 Å². The van der Waals surface area contributed by atoms with Crippen LogP contribution in [0.5, 0.6) is 0 Å². The summed E-state index contributed by atoms with van der Waals surface area (Å²) in [6.07, 6.45) is 3.02. The lowest BCUT2D eigenvalue weighted by Crippen LogP contribution is -2.18. The van der Waals surface area contributed by atoms with Crippen LogP contribution in [0.1, 0.15) is 59.1 Å². The Balaban J connectivity index is 2.15. The van der Waals surface area contributed by atoms with Gasteiger partial charge in [0.2, 0.25) is 0 Å². The first-order valence-electron chi connectivity index (χ1n) is 7.05. The van der Waals surface area contributed by atoms with Crippen molar-refractivity contribution in [1.29, 1.82) is 0 Å². The van der Waals surface area contributed by atoms with Gasteiger partial charge in [0.25, 0.3) is 0 Å². The highest BCUT2D eigenvalue weighted by Crippen LogP contribution is 2.32. The highest BCUT2D eigenvalue weighted by molar-refractivity contribution is 6.01. The molecule has 0 spiro atoms. The van der Waals surface area contributed by atoms with Gasteiger partial charge in [-0.3, -0.25) is 4.99 Å². The van der Waals surface area contributed by atoms with Gasteiger partial charge >= 0.3 is 0 Å². The van der Waals surface area contributed by atoms with Crippen LogP contribution >= 0.6 is 0 Å². The summed E-state index contributed by atoms with van der Waals surface area (Å²) in [5.41, 5.74) is 5.69. The second-order valence-electron chi connectivity index (χ2n) is 7.48. The number of rotatable bonds is 1. The van der Waals surface area contributed by atoms with Crippen molar-refractivity contribution in [2.75, 3.05) is 0 Å². The van der Waals surface area contributed by atoms with Gasteiger partial charge in [0.05, 0.1) is 0 Å². The average molecular weight is 255 g/mol. The molecule has 0 aromatic heterocycles. The molecule has 1 nitrogen and oxygen atoms in total. The zero-order chi connectivity index (χ0) is 14.3. The van der Waals surface area contributed by atoms with Crippen molar-refractivity contribution < 1.29 is 0 Å². The fourth-order valence-electron chi connectivity index (χ4n) is 2.25. The largest absolute Gasteiger partial charge is 0.264 e. The van der Waals surface area contributed by atoms with Gasteiger partial charge in [-0.25, -0.2) is 0 Å². The maximum absolute atomic E-state index is 4.59. The number of nitrogens with zero attached hydrogens (tertiary/aromatic N) is 1. The van der Waals surface area contributed by atoms with E-state index in [4.69, 9.17) is 0 Å². The van der Waals surface area contributed by atoms with Gasteiger partial charge < -0.3 is 0 Å². The van der Waals surface area contributed by atoms with Crippen LogP contribution in [0.15, 0.2) is 35.5 Å². The summed E-state index contributed by atoms with van der Waals surface area (Å²) in [7, 11) is 0. The van der Waals surface area contributed by atoms with Crippen molar-refractivity contribution in [3.8, 4) is 0 Å². The number of benzene rings is 1. The lowest BCUT2D eigenvalue weighted by molar-refractivity contribution is 0.585. The molecule has 1 aliphatic rings. The number of aliphatic imine (C=N–C) groups is 1. The Labute approximate surface area is 117 Å². The fraction of sp³-hybridized carbons (Fsp3) is 0.500. The molecule has 0 N–H and O–H groups in total. The summed E-state index contributed by atoms with van der Waals surface area (Å²) in [4.78, 5) is 4.59. The zero-order valence-corrected chi connectivity index (χ0v) is 13.0. The molecule has 0 atom stereocenters. The van der Waals surface area contributed by atoms with Gasteiger partial charge in [-0.05, 0) is 22.1 Å². The van der Waals surface area contributed by atoms with Crippen LogP contribution < -0.4 is 0 Å². The summed E-state index contributed by atoms with van der Waals surface area (Å²) in [5.74, 6) is 0. The molecule has 0 saturated heterocycles. The smallest absolute Gasteiger partial charge is 0.0309 e. The monoisotopic (exact) mass is 255 g/mol. The van der Waals surface area contributed by atoms with E-state index >= 15 is 0 Å². The van der Waals surface area contributed by atoms with Crippen molar-refractivity contribution >= 4 is 11.3 Å². The van der Waals surface area contributed by atoms with Crippen molar-refractivity contribution in [2.45, 2.75) is 53.4 Å². The summed E-state index contributed by atoms with van der Waals surface area (Å²) < 4.78 is 0. The third-order valence-electron chi connectivity index (χ3n) is 3.72. The Hall–Kier alpha value is -1.37. The molecule has 0 aliphatic carbocycles. The van der Waals surface area contributed by atoms with Crippen LogP contribution in [0.3, 0.4) is 0 Å². The molecule has 1 heterocycles. The molecule has 0 fully saturated rings. The van der Waals surface area contributed by atoms with E-state index in [1.807, 2.05) is 6.20 Å². The second kappa shape index (κ2) is 4.63. The molecule has 0 unspecified atom stereocenters. The maximum atomic E-state index is 4.59. The van der Waals surface area contributed by atoms with E-state index < -0.39 is 0 Å². The molecule has 0 radical (unpaired) electrons. The molecule has 0 amide bonds. The van der Waals surface area contributed by atoms with E-state index in [0.29, 0.717) is 0 Å². The SMILES string of the molecule is CC(C)(C)C1=NC=C(c2ccc(C(C)(C)C)cc2)C1. The Morgan fingerprint density at radius 2 is 1.42 bits per heavy atom. The Kier molecular flexibility index (Phi) is 3.42. The van der Waals surface area contributed by atoms with Crippen LogP contribution in [0.25, 0.3) is 5.57 Å². The average Bonchev–Trinajstić information content (AvgIpc) is 2.77. The molecular weight excluding hydrogens is 230 g/mol. The molecule has 1 aromatic carbocycles. The molecule has 0 saturated carbocycles. The minimum atomic E-state index is 0.170. The van der Waals surface area contributed by atoms with Crippen molar-refractivity contribution in [1.82, 2.24) is 0 Å². The molecule has 2 rings (SSSR count). The van der Waals surface area contributed by atoms with Crippen molar-refractivity contribution in [3.63, 3.8) is 0 Å². The third kappa shape index (κ3) is 3.15. The zero-order valence-electron chi connectivity index (χ0n) is 13.0. The third-order valence-corrected chi connectivity index (χ3v) is 3.72. The molecule has 19 heavy (non-hydrogen) atoms. The van der Waals surface area contributed by atoms with E-state index in [0.717, 1.165) is 6.42 Å². The van der Waals surface area contributed by atoms with Crippen molar-refractivity contribution in [2.24, 2.45) is 10.4 Å². The summed E-state index contributed by atoms with van der Waals surface area (Å²) in [6, 6.07) is 8.94. The van der Waals surface area contributed by atoms with Crippen LogP contribution in [-0.4, -0.2) is 5.71 Å². The highest BCUT2D eigenvalue weighted by atomic mass is 14.8. The number of allylic oxidation sites excluding steroid dienone is 1. The standard InChI is InChI=1S/C18H25N/c1-17(2,3)15-9-7-13(8-10-15)14-11-16(19-12-14)18(4,5)6/h7-10,12H,11H2,1-6H3. The normalized spacial score (nSPS) is 16.3. The van der Waals surface area contributed by atoms with E-state index in [2.05, 4.69) is 70.8 Å². The quantitative estimate of drug-likeness (QED) is 0.652. The molecule has 1 aliphatic heterocycles. The highest BCUT2D eigenvalue weighted by Gasteiger charge is 2.23. The lowest BCUT2D eigenvalue weighted by atomic mass is 9.84. The van der Waals surface area contributed by atoms with Gasteiger partial charge in [0.1, 0.15) is 0 Å². The van der Waals surface area contributed by atoms with Gasteiger partial charge in [0, 0.05) is 23.7 Å². The molecule has 102 valence electrons. The van der Waals surface area contributed by atoms with Crippen LogP contribution in [0.2, 0.25) is 0 Å². The first kappa shape index (κ1) is 14.0. The van der Waals surface area contributed by atoms with E-state index in [1.54, 1.807) is 0 Å². The number of hydrogen-bond donors (Lipinski definition) is 0. The molecule has 1 heteroatoms. The molecule has 0 bridgehead atoms. The van der Waals surface area contributed by atoms with Crippen molar-refractivity contribution in [3.05, 3.63) is 41.6 Å². The number of hydrogen-bond acceptors (Lipinski definition) is 1. The van der Waals surface area contributed by atoms with E-state index in [-0.39, 0.29) is 10.8 Å². The minimum Gasteiger partial charge on any atom is -0.264 e. The Morgan fingerprint density at radius 3 is 1.84 bits per heavy atom. The van der Waals surface area contributed by atoms with Crippen LogP contribution in [0.4, 0.5) is 0 Å². The van der Waals surface area contributed by atoms with Crippen LogP contribution in [0, 0.1) is 5.41 Å². The first-order valence-corrected chi connectivity index (χ1v) is 7.05. The van der Waals surface area contributed by atoms with E-state index in [9.17, 15) is 0 Å². The Morgan fingerprint density at radius 1 is 0.842 bits per heavy atom. The fourth-order valence-corrected chi connectivity index (χ4v) is 2.25. The van der Waals surface area contributed by atoms with Gasteiger partial charge in [0.15, 0.2) is 0 Å². The summed E-state index contributed by atoms with van der Waals surface area (Å²) in [5, 5.41) is 0. The van der Waals surface area contributed by atoms with E-state index in [1.165, 1.54) is 22.4 Å². The molecule has 1 aromatic rings. The predicted octanol–water partition coefficient (Wildman–Crippen LogP) is 5.22. The predicted molar refractivity (Wildman–Crippen MR) is 84.6 cm³/mol. The summed E-state index contributed by atoms with van der Waals surface area (Å²) in [6.45, 7) is 13.4.